The first-order valence-corrected chi connectivity index (χ1v) is 7.30. The second-order valence-corrected chi connectivity index (χ2v) is 5.62. The third kappa shape index (κ3) is 4.06. The zero-order chi connectivity index (χ0) is 17.0. The third-order valence-corrected chi connectivity index (χ3v) is 3.59. The van der Waals surface area contributed by atoms with E-state index < -0.39 is 11.7 Å². The van der Waals surface area contributed by atoms with E-state index in [-0.39, 0.29) is 22.4 Å². The fraction of sp³-hybridized carbons (Fsp3) is 0. The summed E-state index contributed by atoms with van der Waals surface area (Å²) in [5.74, 6) is -1.72. The second-order valence-electron chi connectivity index (χ2n) is 4.33. The number of phenolic OH excluding ortho intramolecular Hbond substituents is 1. The zero-order valence-corrected chi connectivity index (χ0v) is 13.7. The number of halogens is 3. The van der Waals surface area contributed by atoms with Crippen LogP contribution in [-0.2, 0) is 0 Å². The Balaban J connectivity index is 2.15. The minimum Gasteiger partial charge on any atom is -0.506 e. The number of aromatic hydroxyl groups is 1. The number of nitrogens with zero attached hydrogens (tertiary/aromatic N) is 2. The predicted octanol–water partition coefficient (Wildman–Crippen LogP) is 3.58. The number of hydrazone groups is 1. The number of benzene rings is 2. The highest BCUT2D eigenvalue weighted by Gasteiger charge is 2.12. The first kappa shape index (κ1) is 16.9. The largest absolute Gasteiger partial charge is 0.506 e. The monoisotopic (exact) mass is 395 g/mol. The van der Waals surface area contributed by atoms with Crippen molar-refractivity contribution in [3.63, 3.8) is 0 Å². The molecule has 0 radical (unpaired) electrons. The SMILES string of the molecule is N#Cc1ccc(C(=O)N/N=C\c2cc(Cl)cc(Br)c2O)c(F)c1. The Hall–Kier alpha value is -2.43. The summed E-state index contributed by atoms with van der Waals surface area (Å²) in [7, 11) is 0. The number of phenols is 1. The van der Waals surface area contributed by atoms with Gasteiger partial charge in [-0.15, -0.1) is 0 Å². The lowest BCUT2D eigenvalue weighted by atomic mass is 10.1. The zero-order valence-electron chi connectivity index (χ0n) is 11.3. The van der Waals surface area contributed by atoms with Crippen molar-refractivity contribution in [2.45, 2.75) is 0 Å². The normalized spacial score (nSPS) is 10.5. The highest BCUT2D eigenvalue weighted by Crippen LogP contribution is 2.30. The Morgan fingerprint density at radius 3 is 2.83 bits per heavy atom. The lowest BCUT2D eigenvalue weighted by molar-refractivity contribution is 0.0951. The van der Waals surface area contributed by atoms with E-state index in [1.54, 1.807) is 6.07 Å². The van der Waals surface area contributed by atoms with Crippen molar-refractivity contribution in [1.29, 1.82) is 5.26 Å². The van der Waals surface area contributed by atoms with Gasteiger partial charge in [0.25, 0.3) is 5.91 Å². The molecule has 0 unspecified atom stereocenters. The van der Waals surface area contributed by atoms with Crippen molar-refractivity contribution in [1.82, 2.24) is 5.43 Å². The molecule has 0 aliphatic rings. The van der Waals surface area contributed by atoms with Gasteiger partial charge in [0.2, 0.25) is 0 Å². The number of nitrogens with one attached hydrogen (secondary N) is 1. The number of amides is 1. The maximum absolute atomic E-state index is 13.7. The molecule has 2 aromatic rings. The fourth-order valence-corrected chi connectivity index (χ4v) is 2.51. The maximum Gasteiger partial charge on any atom is 0.274 e. The van der Waals surface area contributed by atoms with E-state index in [0.717, 1.165) is 6.07 Å². The second kappa shape index (κ2) is 7.22. The van der Waals surface area contributed by atoms with E-state index in [1.165, 1.54) is 30.5 Å². The fourth-order valence-electron chi connectivity index (χ4n) is 1.67. The van der Waals surface area contributed by atoms with Crippen LogP contribution in [0.25, 0.3) is 0 Å². The average Bonchev–Trinajstić information content (AvgIpc) is 2.51. The van der Waals surface area contributed by atoms with Crippen molar-refractivity contribution in [2.24, 2.45) is 5.10 Å². The Morgan fingerprint density at radius 2 is 2.17 bits per heavy atom. The number of carbonyl (C=O) groups is 1. The molecule has 2 rings (SSSR count). The first-order chi connectivity index (χ1) is 10.9. The minimum atomic E-state index is -0.829. The van der Waals surface area contributed by atoms with Gasteiger partial charge in [-0.25, -0.2) is 9.82 Å². The van der Waals surface area contributed by atoms with Crippen LogP contribution in [-0.4, -0.2) is 17.2 Å². The van der Waals surface area contributed by atoms with Crippen LogP contribution in [0.15, 0.2) is 39.9 Å². The van der Waals surface area contributed by atoms with Gasteiger partial charge in [-0.05, 0) is 46.3 Å². The van der Waals surface area contributed by atoms with Gasteiger partial charge in [0.15, 0.2) is 0 Å². The van der Waals surface area contributed by atoms with Crippen LogP contribution in [0.5, 0.6) is 5.75 Å². The molecular formula is C15H8BrClFN3O2. The number of hydrogen-bond acceptors (Lipinski definition) is 4. The molecule has 0 atom stereocenters. The van der Waals surface area contributed by atoms with Crippen molar-refractivity contribution in [3.05, 3.63) is 62.3 Å². The first-order valence-electron chi connectivity index (χ1n) is 6.13. The van der Waals surface area contributed by atoms with Crippen molar-refractivity contribution in [3.8, 4) is 11.8 Å². The summed E-state index contributed by atoms with van der Waals surface area (Å²) in [6, 6.07) is 8.18. The molecule has 0 aliphatic heterocycles. The number of nitriles is 1. The van der Waals surface area contributed by atoms with Crippen LogP contribution in [0.1, 0.15) is 21.5 Å². The van der Waals surface area contributed by atoms with Crippen LogP contribution in [0.2, 0.25) is 5.02 Å². The smallest absolute Gasteiger partial charge is 0.274 e. The topological polar surface area (TPSA) is 85.5 Å². The Bertz CT molecular complexity index is 849. The number of carbonyl (C=O) groups excluding carboxylic acids is 1. The molecule has 23 heavy (non-hydrogen) atoms. The molecule has 2 N–H and O–H groups in total. The molecule has 0 fully saturated rings. The summed E-state index contributed by atoms with van der Waals surface area (Å²) in [6.45, 7) is 0. The summed E-state index contributed by atoms with van der Waals surface area (Å²) in [5.41, 5.74) is 2.25. The van der Waals surface area contributed by atoms with E-state index in [4.69, 9.17) is 16.9 Å². The van der Waals surface area contributed by atoms with Gasteiger partial charge >= 0.3 is 0 Å². The van der Waals surface area contributed by atoms with Crippen molar-refractivity contribution in [2.75, 3.05) is 0 Å². The summed E-state index contributed by atoms with van der Waals surface area (Å²) in [4.78, 5) is 11.8. The van der Waals surface area contributed by atoms with Gasteiger partial charge in [0.05, 0.1) is 27.9 Å². The van der Waals surface area contributed by atoms with Crippen LogP contribution in [0.4, 0.5) is 4.39 Å². The van der Waals surface area contributed by atoms with Crippen LogP contribution in [0.3, 0.4) is 0 Å². The summed E-state index contributed by atoms with van der Waals surface area (Å²) in [5, 5.41) is 22.5. The molecular weight excluding hydrogens is 389 g/mol. The summed E-state index contributed by atoms with van der Waals surface area (Å²) >= 11 is 8.96. The molecule has 0 aromatic heterocycles. The maximum atomic E-state index is 13.7. The lowest BCUT2D eigenvalue weighted by Gasteiger charge is -2.04. The minimum absolute atomic E-state index is 0.100. The molecule has 2 aromatic carbocycles. The van der Waals surface area contributed by atoms with Gasteiger partial charge in [0, 0.05) is 10.6 Å². The van der Waals surface area contributed by atoms with Crippen LogP contribution in [0, 0.1) is 17.1 Å². The van der Waals surface area contributed by atoms with Crippen molar-refractivity contribution < 1.29 is 14.3 Å². The Kier molecular flexibility index (Phi) is 5.32. The molecule has 8 heteroatoms. The molecule has 0 aliphatic carbocycles. The molecule has 0 saturated heterocycles. The molecule has 0 spiro atoms. The highest BCUT2D eigenvalue weighted by atomic mass is 79.9. The number of hydrogen-bond donors (Lipinski definition) is 2. The standard InChI is InChI=1S/C15H8BrClFN3O2/c16-12-5-10(17)4-9(14(12)22)7-20-21-15(23)11-2-1-8(6-19)3-13(11)18/h1-5,7,22H,(H,21,23)/b20-7-. The van der Waals surface area contributed by atoms with E-state index in [2.05, 4.69) is 26.5 Å². The molecule has 1 amide bonds. The van der Waals surface area contributed by atoms with E-state index >= 15 is 0 Å². The van der Waals surface area contributed by atoms with Gasteiger partial charge < -0.3 is 5.11 Å². The Labute approximate surface area is 144 Å². The van der Waals surface area contributed by atoms with Crippen molar-refractivity contribution >= 4 is 39.7 Å². The summed E-state index contributed by atoms with van der Waals surface area (Å²) < 4.78 is 14.1. The molecule has 5 nitrogen and oxygen atoms in total. The van der Waals surface area contributed by atoms with Gasteiger partial charge in [-0.3, -0.25) is 4.79 Å². The van der Waals surface area contributed by atoms with Crippen LogP contribution < -0.4 is 5.43 Å². The van der Waals surface area contributed by atoms with Gasteiger partial charge in [0.1, 0.15) is 11.6 Å². The predicted molar refractivity (Wildman–Crippen MR) is 87.0 cm³/mol. The lowest BCUT2D eigenvalue weighted by Crippen LogP contribution is -2.19. The third-order valence-electron chi connectivity index (χ3n) is 2.77. The molecule has 0 bridgehead atoms. The molecule has 0 heterocycles. The summed E-state index contributed by atoms with van der Waals surface area (Å²) in [6.07, 6.45) is 1.17. The number of rotatable bonds is 3. The quantitative estimate of drug-likeness (QED) is 0.614. The molecule has 116 valence electrons. The van der Waals surface area contributed by atoms with Gasteiger partial charge in [-0.1, -0.05) is 11.6 Å². The van der Waals surface area contributed by atoms with E-state index in [0.29, 0.717) is 9.50 Å². The van der Waals surface area contributed by atoms with E-state index in [9.17, 15) is 14.3 Å². The van der Waals surface area contributed by atoms with Crippen LogP contribution >= 0.6 is 27.5 Å². The van der Waals surface area contributed by atoms with E-state index in [1.807, 2.05) is 0 Å². The average molecular weight is 397 g/mol. The highest BCUT2D eigenvalue weighted by molar-refractivity contribution is 9.10. The molecule has 0 saturated carbocycles. The van der Waals surface area contributed by atoms with Gasteiger partial charge in [-0.2, -0.15) is 10.4 Å². The Morgan fingerprint density at radius 1 is 1.43 bits per heavy atom.